The molecule has 0 aromatic heterocycles. The molecule has 0 aliphatic rings. The number of aliphatic carboxylic acids is 1. The van der Waals surface area contributed by atoms with Gasteiger partial charge in [0.05, 0.1) is 11.7 Å². The van der Waals surface area contributed by atoms with Crippen molar-refractivity contribution >= 4 is 12.0 Å². The molecule has 3 N–H and O–H groups in total. The minimum absolute atomic E-state index is 0.0698. The summed E-state index contributed by atoms with van der Waals surface area (Å²) in [5.41, 5.74) is 4.90. The lowest BCUT2D eigenvalue weighted by Gasteiger charge is -2.34. The van der Waals surface area contributed by atoms with Gasteiger partial charge in [-0.2, -0.15) is 0 Å². The highest BCUT2D eigenvalue weighted by Crippen LogP contribution is 2.41. The fourth-order valence-electron chi connectivity index (χ4n) is 5.72. The molecular formula is C36H54O5. The fraction of sp³-hybridized carbons (Fsp3) is 0.583. The molecule has 5 nitrogen and oxygen atoms in total. The lowest BCUT2D eigenvalue weighted by molar-refractivity contribution is -0.137. The van der Waals surface area contributed by atoms with Crippen molar-refractivity contribution in [3.05, 3.63) is 70.3 Å². The molecular weight excluding hydrogens is 512 g/mol. The van der Waals surface area contributed by atoms with Crippen molar-refractivity contribution in [1.82, 2.24) is 0 Å². The van der Waals surface area contributed by atoms with Gasteiger partial charge in [-0.15, -0.1) is 0 Å². The van der Waals surface area contributed by atoms with E-state index in [-0.39, 0.29) is 24.9 Å². The number of hydrogen-bond acceptors (Lipinski definition) is 4. The number of unbranched alkanes of at least 4 members (excludes halogenated alkanes) is 4. The summed E-state index contributed by atoms with van der Waals surface area (Å²) in [6, 6.07) is 13.0. The van der Waals surface area contributed by atoms with E-state index in [2.05, 4.69) is 71.0 Å². The Morgan fingerprint density at radius 2 is 1.54 bits per heavy atom. The third kappa shape index (κ3) is 10.0. The van der Waals surface area contributed by atoms with Crippen LogP contribution in [0.15, 0.2) is 42.5 Å². The number of carboxylic acids is 1. The highest BCUT2D eigenvalue weighted by molar-refractivity contribution is 5.66. The minimum Gasteiger partial charge on any atom is -0.491 e. The van der Waals surface area contributed by atoms with Crippen molar-refractivity contribution in [2.45, 2.75) is 129 Å². The van der Waals surface area contributed by atoms with Gasteiger partial charge in [-0.1, -0.05) is 102 Å². The zero-order valence-corrected chi connectivity index (χ0v) is 26.3. The van der Waals surface area contributed by atoms with Crippen LogP contribution in [-0.2, 0) is 10.2 Å². The van der Waals surface area contributed by atoms with Gasteiger partial charge in [0.1, 0.15) is 12.4 Å². The smallest absolute Gasteiger partial charge is 0.303 e. The average molecular weight is 567 g/mol. The number of aliphatic hydroxyl groups is 2. The number of carbonyl (C=O) groups is 1. The van der Waals surface area contributed by atoms with Gasteiger partial charge in [-0.05, 0) is 79.8 Å². The molecule has 0 spiro atoms. The molecule has 2 atom stereocenters. The highest BCUT2D eigenvalue weighted by Gasteiger charge is 2.31. The molecule has 2 aromatic carbocycles. The Balaban J connectivity index is 2.22. The van der Waals surface area contributed by atoms with Gasteiger partial charge in [-0.3, -0.25) is 4.79 Å². The molecule has 0 saturated heterocycles. The van der Waals surface area contributed by atoms with Crippen LogP contribution >= 0.6 is 0 Å². The van der Waals surface area contributed by atoms with Crippen LogP contribution in [0, 0.1) is 13.8 Å². The SMILES string of the molecule is CCCCCCCC(O)(/C=C/c1ccc(C(CC)(CC)c2ccc(OCC(O)CCC(=O)O)c(C)c2)cc1C)CC. The van der Waals surface area contributed by atoms with Gasteiger partial charge < -0.3 is 20.1 Å². The number of aryl methyl sites for hydroxylation is 2. The molecule has 0 aliphatic heterocycles. The van der Waals surface area contributed by atoms with Gasteiger partial charge >= 0.3 is 5.97 Å². The summed E-state index contributed by atoms with van der Waals surface area (Å²) in [6.07, 6.45) is 12.7. The van der Waals surface area contributed by atoms with E-state index < -0.39 is 17.7 Å². The van der Waals surface area contributed by atoms with Gasteiger partial charge in [0, 0.05) is 11.8 Å². The number of hydrogen-bond donors (Lipinski definition) is 3. The Morgan fingerprint density at radius 3 is 2.10 bits per heavy atom. The van der Waals surface area contributed by atoms with E-state index in [9.17, 15) is 15.0 Å². The molecule has 5 heteroatoms. The monoisotopic (exact) mass is 566 g/mol. The lowest BCUT2D eigenvalue weighted by Crippen LogP contribution is -2.26. The fourth-order valence-corrected chi connectivity index (χ4v) is 5.72. The maximum Gasteiger partial charge on any atom is 0.303 e. The van der Waals surface area contributed by atoms with E-state index >= 15 is 0 Å². The summed E-state index contributed by atoms with van der Waals surface area (Å²) in [7, 11) is 0. The normalized spacial score (nSPS) is 14.2. The second kappa shape index (κ2) is 16.7. The number of benzene rings is 2. The predicted octanol–water partition coefficient (Wildman–Crippen LogP) is 8.53. The average Bonchev–Trinajstić information content (AvgIpc) is 2.96. The molecule has 0 fully saturated rings. The summed E-state index contributed by atoms with van der Waals surface area (Å²) in [4.78, 5) is 10.8. The van der Waals surface area contributed by atoms with Crippen LogP contribution in [0.2, 0.25) is 0 Å². The summed E-state index contributed by atoms with van der Waals surface area (Å²) >= 11 is 0. The first kappa shape index (κ1) is 34.6. The van der Waals surface area contributed by atoms with Gasteiger partial charge in [0.2, 0.25) is 0 Å². The van der Waals surface area contributed by atoms with Gasteiger partial charge in [0.25, 0.3) is 0 Å². The van der Waals surface area contributed by atoms with Crippen LogP contribution < -0.4 is 4.74 Å². The van der Waals surface area contributed by atoms with Crippen LogP contribution in [0.4, 0.5) is 0 Å². The molecule has 0 radical (unpaired) electrons. The Hall–Kier alpha value is -2.63. The standard InChI is InChI=1S/C36H54O5/c1-7-11-12-13-14-22-35(40,8-2)23-21-29-15-16-30(24-27(29)5)36(9-3,10-4)31-17-19-33(28(6)25-31)41-26-32(37)18-20-34(38)39/h15-17,19,21,23-25,32,37,40H,7-14,18,20,22,26H2,1-6H3,(H,38,39)/b23-21+. The number of ether oxygens (including phenoxy) is 1. The van der Waals surface area contributed by atoms with Crippen LogP contribution in [0.3, 0.4) is 0 Å². The molecule has 0 bridgehead atoms. The maximum absolute atomic E-state index is 11.2. The van der Waals surface area contributed by atoms with Crippen molar-refractivity contribution in [1.29, 1.82) is 0 Å². The third-order valence-corrected chi connectivity index (χ3v) is 8.78. The Bertz CT molecular complexity index is 1120. The summed E-state index contributed by atoms with van der Waals surface area (Å²) in [6.45, 7) is 13.0. The van der Waals surface area contributed by atoms with Gasteiger partial charge in [0.15, 0.2) is 0 Å². The van der Waals surface area contributed by atoms with Crippen LogP contribution in [0.25, 0.3) is 6.08 Å². The highest BCUT2D eigenvalue weighted by atomic mass is 16.5. The number of carboxylic acid groups (broad SMARTS) is 1. The first-order valence-corrected chi connectivity index (χ1v) is 15.7. The van der Waals surface area contributed by atoms with Crippen molar-refractivity contribution in [2.75, 3.05) is 6.61 Å². The molecule has 2 aromatic rings. The van der Waals surface area contributed by atoms with E-state index in [1.807, 2.05) is 19.1 Å². The summed E-state index contributed by atoms with van der Waals surface area (Å²) in [5, 5.41) is 30.1. The predicted molar refractivity (Wildman–Crippen MR) is 170 cm³/mol. The maximum atomic E-state index is 11.2. The molecule has 228 valence electrons. The largest absolute Gasteiger partial charge is 0.491 e. The molecule has 2 rings (SSSR count). The quantitative estimate of drug-likeness (QED) is 0.148. The molecule has 2 unspecified atom stereocenters. The molecule has 0 amide bonds. The lowest BCUT2D eigenvalue weighted by atomic mass is 9.70. The zero-order chi connectivity index (χ0) is 30.5. The molecule has 0 heterocycles. The Labute approximate surface area is 248 Å². The summed E-state index contributed by atoms with van der Waals surface area (Å²) in [5.74, 6) is -0.218. The Kier molecular flexibility index (Phi) is 14.1. The van der Waals surface area contributed by atoms with Crippen molar-refractivity contribution < 1.29 is 24.9 Å². The second-order valence-corrected chi connectivity index (χ2v) is 11.7. The van der Waals surface area contributed by atoms with E-state index in [1.165, 1.54) is 42.4 Å². The van der Waals surface area contributed by atoms with Crippen LogP contribution in [0.5, 0.6) is 5.75 Å². The zero-order valence-electron chi connectivity index (χ0n) is 26.3. The van der Waals surface area contributed by atoms with Crippen LogP contribution in [-0.4, -0.2) is 39.6 Å². The third-order valence-electron chi connectivity index (χ3n) is 8.78. The minimum atomic E-state index is -0.921. The molecule has 41 heavy (non-hydrogen) atoms. The molecule has 0 aliphatic carbocycles. The first-order valence-electron chi connectivity index (χ1n) is 15.7. The summed E-state index contributed by atoms with van der Waals surface area (Å²) < 4.78 is 5.84. The number of aliphatic hydroxyl groups excluding tert-OH is 1. The van der Waals surface area contributed by atoms with E-state index in [0.717, 1.165) is 36.8 Å². The van der Waals surface area contributed by atoms with E-state index in [1.54, 1.807) is 0 Å². The van der Waals surface area contributed by atoms with Gasteiger partial charge in [-0.25, -0.2) is 0 Å². The van der Waals surface area contributed by atoms with Crippen LogP contribution in [0.1, 0.15) is 126 Å². The second-order valence-electron chi connectivity index (χ2n) is 11.7. The first-order chi connectivity index (χ1) is 19.5. The number of rotatable bonds is 19. The molecule has 0 saturated carbocycles. The topological polar surface area (TPSA) is 87.0 Å². The van der Waals surface area contributed by atoms with Crippen molar-refractivity contribution in [3.8, 4) is 5.75 Å². The van der Waals surface area contributed by atoms with E-state index in [0.29, 0.717) is 12.2 Å². The van der Waals surface area contributed by atoms with E-state index in [4.69, 9.17) is 9.84 Å². The Morgan fingerprint density at radius 1 is 0.902 bits per heavy atom. The van der Waals surface area contributed by atoms with Crippen molar-refractivity contribution in [3.63, 3.8) is 0 Å². The van der Waals surface area contributed by atoms with Crippen molar-refractivity contribution in [2.24, 2.45) is 0 Å².